The number of hydrogen-bond donors (Lipinski definition) is 2. The highest BCUT2D eigenvalue weighted by molar-refractivity contribution is 6.20. The summed E-state index contributed by atoms with van der Waals surface area (Å²) >= 11 is 0. The van der Waals surface area contributed by atoms with Crippen LogP contribution in [0.15, 0.2) is 52.4 Å². The maximum absolute atomic E-state index is 12.2. The van der Waals surface area contributed by atoms with E-state index in [2.05, 4.69) is 15.8 Å². The number of ketones is 1. The number of benzene rings is 1. The zero-order valence-corrected chi connectivity index (χ0v) is 13.8. The van der Waals surface area contributed by atoms with Gasteiger partial charge < -0.3 is 24.6 Å². The fraction of sp³-hybridized carbons (Fsp3) is 0.176. The molecule has 1 aromatic heterocycles. The SMILES string of the molecule is Cc1cc(NC(=O)COC(=O)C2=C(Nc3ccccc3)OCC2=O)no1. The Morgan fingerprint density at radius 2 is 2.04 bits per heavy atom. The molecule has 0 radical (unpaired) electrons. The van der Waals surface area contributed by atoms with Crippen LogP contribution in [0.3, 0.4) is 0 Å². The average Bonchev–Trinajstić information content (AvgIpc) is 3.19. The molecular formula is C17H15N3O6. The van der Waals surface area contributed by atoms with E-state index in [-0.39, 0.29) is 23.9 Å². The molecule has 0 spiro atoms. The van der Waals surface area contributed by atoms with Crippen molar-refractivity contribution in [2.75, 3.05) is 23.8 Å². The van der Waals surface area contributed by atoms with Crippen LogP contribution in [0.2, 0.25) is 0 Å². The van der Waals surface area contributed by atoms with Gasteiger partial charge in [0.1, 0.15) is 5.76 Å². The standard InChI is InChI=1S/C17H15N3O6/c1-10-7-13(20-26-10)19-14(22)9-25-17(23)15-12(21)8-24-16(15)18-11-5-3-2-4-6-11/h2-7,18H,8-9H2,1H3,(H,19,20,22). The van der Waals surface area contributed by atoms with Gasteiger partial charge in [-0.1, -0.05) is 23.4 Å². The number of carbonyl (C=O) groups is 3. The first-order valence-electron chi connectivity index (χ1n) is 7.65. The molecule has 0 unspecified atom stereocenters. The number of nitrogens with zero attached hydrogens (tertiary/aromatic N) is 1. The van der Waals surface area contributed by atoms with Crippen LogP contribution in [0.25, 0.3) is 0 Å². The smallest absolute Gasteiger partial charge is 0.347 e. The Hall–Kier alpha value is -3.62. The normalized spacial score (nSPS) is 13.3. The molecule has 1 aliphatic heterocycles. The van der Waals surface area contributed by atoms with E-state index >= 15 is 0 Å². The summed E-state index contributed by atoms with van der Waals surface area (Å²) in [6, 6.07) is 10.4. The molecule has 134 valence electrons. The lowest BCUT2D eigenvalue weighted by atomic mass is 10.2. The summed E-state index contributed by atoms with van der Waals surface area (Å²) in [5.74, 6) is -1.37. The second-order valence-corrected chi connectivity index (χ2v) is 5.35. The number of aryl methyl sites for hydroxylation is 1. The van der Waals surface area contributed by atoms with Crippen molar-refractivity contribution in [3.05, 3.63) is 53.6 Å². The predicted octanol–water partition coefficient (Wildman–Crippen LogP) is 1.39. The Labute approximate surface area is 147 Å². The number of nitrogens with one attached hydrogen (secondary N) is 2. The quantitative estimate of drug-likeness (QED) is 0.588. The van der Waals surface area contributed by atoms with Crippen LogP contribution >= 0.6 is 0 Å². The zero-order chi connectivity index (χ0) is 18.5. The lowest BCUT2D eigenvalue weighted by Crippen LogP contribution is -2.24. The summed E-state index contributed by atoms with van der Waals surface area (Å²) in [4.78, 5) is 35.9. The maximum Gasteiger partial charge on any atom is 0.347 e. The summed E-state index contributed by atoms with van der Waals surface area (Å²) in [5.41, 5.74) is 0.376. The Morgan fingerprint density at radius 1 is 1.27 bits per heavy atom. The molecule has 0 saturated carbocycles. The van der Waals surface area contributed by atoms with Crippen molar-refractivity contribution in [1.29, 1.82) is 0 Å². The van der Waals surface area contributed by atoms with Crippen LogP contribution in [0.1, 0.15) is 5.76 Å². The molecule has 1 aromatic carbocycles. The number of hydrogen-bond acceptors (Lipinski definition) is 8. The van der Waals surface area contributed by atoms with E-state index in [0.717, 1.165) is 0 Å². The summed E-state index contributed by atoms with van der Waals surface area (Å²) in [7, 11) is 0. The third kappa shape index (κ3) is 4.07. The molecule has 1 amide bonds. The molecule has 0 atom stereocenters. The summed E-state index contributed by atoms with van der Waals surface area (Å²) < 4.78 is 14.9. The molecule has 3 rings (SSSR count). The lowest BCUT2D eigenvalue weighted by Gasteiger charge is -2.08. The Bertz CT molecular complexity index is 872. The monoisotopic (exact) mass is 357 g/mol. The topological polar surface area (TPSA) is 120 Å². The number of esters is 1. The number of para-hydroxylation sites is 1. The van der Waals surface area contributed by atoms with Crippen LogP contribution < -0.4 is 10.6 Å². The van der Waals surface area contributed by atoms with E-state index in [1.807, 2.05) is 6.07 Å². The minimum atomic E-state index is -0.947. The molecule has 0 saturated heterocycles. The van der Waals surface area contributed by atoms with Gasteiger partial charge in [-0.05, 0) is 19.1 Å². The van der Waals surface area contributed by atoms with E-state index in [1.54, 1.807) is 31.2 Å². The van der Waals surface area contributed by atoms with Gasteiger partial charge >= 0.3 is 5.97 Å². The number of ether oxygens (including phenoxy) is 2. The van der Waals surface area contributed by atoms with Crippen molar-refractivity contribution < 1.29 is 28.4 Å². The maximum atomic E-state index is 12.2. The van der Waals surface area contributed by atoms with Crippen molar-refractivity contribution in [3.63, 3.8) is 0 Å². The molecule has 0 aliphatic carbocycles. The van der Waals surface area contributed by atoms with E-state index in [1.165, 1.54) is 6.07 Å². The second kappa shape index (κ2) is 7.51. The third-order valence-electron chi connectivity index (χ3n) is 3.32. The number of rotatable bonds is 6. The van der Waals surface area contributed by atoms with Gasteiger partial charge in [-0.25, -0.2) is 4.79 Å². The highest BCUT2D eigenvalue weighted by Gasteiger charge is 2.32. The van der Waals surface area contributed by atoms with Crippen LogP contribution in [0.4, 0.5) is 11.5 Å². The van der Waals surface area contributed by atoms with Crippen LogP contribution in [-0.4, -0.2) is 36.0 Å². The minimum Gasteiger partial charge on any atom is -0.470 e. The summed E-state index contributed by atoms with van der Waals surface area (Å²) in [6.45, 7) is 0.812. The van der Waals surface area contributed by atoms with E-state index < -0.39 is 24.3 Å². The van der Waals surface area contributed by atoms with Gasteiger partial charge in [-0.3, -0.25) is 9.59 Å². The number of anilines is 2. The molecular weight excluding hydrogens is 342 g/mol. The van der Waals surface area contributed by atoms with Gasteiger partial charge in [0.15, 0.2) is 24.6 Å². The van der Waals surface area contributed by atoms with E-state index in [9.17, 15) is 14.4 Å². The highest BCUT2D eigenvalue weighted by Crippen LogP contribution is 2.20. The molecule has 0 fully saturated rings. The van der Waals surface area contributed by atoms with Crippen molar-refractivity contribution in [1.82, 2.24) is 5.16 Å². The molecule has 0 bridgehead atoms. The minimum absolute atomic E-state index is 0.00117. The third-order valence-corrected chi connectivity index (χ3v) is 3.32. The molecule has 1 aliphatic rings. The highest BCUT2D eigenvalue weighted by atomic mass is 16.5. The zero-order valence-electron chi connectivity index (χ0n) is 13.8. The lowest BCUT2D eigenvalue weighted by molar-refractivity contribution is -0.144. The molecule has 9 nitrogen and oxygen atoms in total. The van der Waals surface area contributed by atoms with Crippen molar-refractivity contribution >= 4 is 29.2 Å². The van der Waals surface area contributed by atoms with Gasteiger partial charge in [-0.2, -0.15) is 0 Å². The number of carbonyl (C=O) groups excluding carboxylic acids is 3. The van der Waals surface area contributed by atoms with Crippen LogP contribution in [0.5, 0.6) is 0 Å². The molecule has 2 N–H and O–H groups in total. The van der Waals surface area contributed by atoms with Gasteiger partial charge in [0.05, 0.1) is 0 Å². The largest absolute Gasteiger partial charge is 0.470 e. The van der Waals surface area contributed by atoms with Gasteiger partial charge in [0, 0.05) is 11.8 Å². The van der Waals surface area contributed by atoms with Crippen LogP contribution in [-0.2, 0) is 23.9 Å². The number of aromatic nitrogens is 1. The van der Waals surface area contributed by atoms with Crippen molar-refractivity contribution in [2.24, 2.45) is 0 Å². The Kier molecular flexibility index (Phi) is 4.97. The molecule has 26 heavy (non-hydrogen) atoms. The fourth-order valence-electron chi connectivity index (χ4n) is 2.17. The summed E-state index contributed by atoms with van der Waals surface area (Å²) in [5, 5.41) is 8.84. The van der Waals surface area contributed by atoms with E-state index in [0.29, 0.717) is 11.4 Å². The predicted molar refractivity (Wildman–Crippen MR) is 88.9 cm³/mol. The first kappa shape index (κ1) is 17.2. The molecule has 2 aromatic rings. The van der Waals surface area contributed by atoms with Gasteiger partial charge in [0.25, 0.3) is 5.91 Å². The van der Waals surface area contributed by atoms with Gasteiger partial charge in [0.2, 0.25) is 11.7 Å². The van der Waals surface area contributed by atoms with Crippen molar-refractivity contribution in [3.8, 4) is 0 Å². The first-order chi connectivity index (χ1) is 12.5. The summed E-state index contributed by atoms with van der Waals surface area (Å²) in [6.07, 6.45) is 0. The van der Waals surface area contributed by atoms with Crippen molar-refractivity contribution in [2.45, 2.75) is 6.92 Å². The van der Waals surface area contributed by atoms with Crippen LogP contribution in [0, 0.1) is 6.92 Å². The number of amides is 1. The average molecular weight is 357 g/mol. The Morgan fingerprint density at radius 3 is 2.73 bits per heavy atom. The Balaban J connectivity index is 1.62. The molecule has 2 heterocycles. The fourth-order valence-corrected chi connectivity index (χ4v) is 2.17. The second-order valence-electron chi connectivity index (χ2n) is 5.35. The number of Topliss-reactive ketones (excluding diaryl/α,β-unsaturated/α-hetero) is 1. The molecule has 9 heteroatoms. The first-order valence-corrected chi connectivity index (χ1v) is 7.65. The van der Waals surface area contributed by atoms with Gasteiger partial charge in [-0.15, -0.1) is 0 Å². The van der Waals surface area contributed by atoms with E-state index in [4.69, 9.17) is 14.0 Å².